The SMILES string of the molecule is C=Cc1ccccc1C=C.C=Cc1cnc[nH]1. The van der Waals surface area contributed by atoms with Crippen molar-refractivity contribution < 1.29 is 0 Å². The van der Waals surface area contributed by atoms with Crippen LogP contribution in [0.25, 0.3) is 18.2 Å². The van der Waals surface area contributed by atoms with Gasteiger partial charge in [-0.2, -0.15) is 0 Å². The van der Waals surface area contributed by atoms with E-state index in [0.717, 1.165) is 16.8 Å². The number of H-pyrrole nitrogens is 1. The molecule has 1 aromatic carbocycles. The Hall–Kier alpha value is -2.35. The van der Waals surface area contributed by atoms with Crippen LogP contribution in [0.1, 0.15) is 16.8 Å². The van der Waals surface area contributed by atoms with Gasteiger partial charge in [-0.25, -0.2) is 4.98 Å². The largest absolute Gasteiger partial charge is 0.345 e. The summed E-state index contributed by atoms with van der Waals surface area (Å²) >= 11 is 0. The first-order chi connectivity index (χ1) is 8.31. The highest BCUT2D eigenvalue weighted by Gasteiger charge is 1.89. The maximum atomic E-state index is 3.77. The maximum Gasteiger partial charge on any atom is 0.0924 e. The Morgan fingerprint density at radius 2 is 1.53 bits per heavy atom. The Labute approximate surface area is 102 Å². The minimum Gasteiger partial charge on any atom is -0.345 e. The van der Waals surface area contributed by atoms with E-state index in [-0.39, 0.29) is 0 Å². The number of hydrogen-bond donors (Lipinski definition) is 1. The topological polar surface area (TPSA) is 28.7 Å². The Morgan fingerprint density at radius 3 is 1.82 bits per heavy atom. The van der Waals surface area contributed by atoms with Gasteiger partial charge >= 0.3 is 0 Å². The third-order valence-corrected chi connectivity index (χ3v) is 2.18. The van der Waals surface area contributed by atoms with Crippen LogP contribution in [0.4, 0.5) is 0 Å². The molecule has 1 N–H and O–H groups in total. The lowest BCUT2D eigenvalue weighted by atomic mass is 10.1. The van der Waals surface area contributed by atoms with Gasteiger partial charge in [-0.3, -0.25) is 0 Å². The summed E-state index contributed by atoms with van der Waals surface area (Å²) in [6.07, 6.45) is 8.71. The molecule has 0 saturated heterocycles. The molecule has 2 rings (SSSR count). The molecule has 2 nitrogen and oxygen atoms in total. The molecule has 0 fully saturated rings. The summed E-state index contributed by atoms with van der Waals surface area (Å²) in [7, 11) is 0. The number of aromatic amines is 1. The van der Waals surface area contributed by atoms with Crippen LogP contribution in [0, 0.1) is 0 Å². The monoisotopic (exact) mass is 224 g/mol. The summed E-state index contributed by atoms with van der Waals surface area (Å²) in [5.74, 6) is 0. The predicted molar refractivity (Wildman–Crippen MR) is 75.3 cm³/mol. The van der Waals surface area contributed by atoms with Gasteiger partial charge < -0.3 is 4.98 Å². The third-order valence-electron chi connectivity index (χ3n) is 2.18. The van der Waals surface area contributed by atoms with Crippen molar-refractivity contribution in [3.8, 4) is 0 Å². The van der Waals surface area contributed by atoms with E-state index in [4.69, 9.17) is 0 Å². The van der Waals surface area contributed by atoms with Crippen molar-refractivity contribution >= 4 is 18.2 Å². The average molecular weight is 224 g/mol. The van der Waals surface area contributed by atoms with Gasteiger partial charge in [-0.05, 0) is 17.2 Å². The molecule has 0 saturated carbocycles. The van der Waals surface area contributed by atoms with Crippen LogP contribution in [0.15, 0.2) is 56.5 Å². The third kappa shape index (κ3) is 3.95. The van der Waals surface area contributed by atoms with Crippen molar-refractivity contribution in [2.24, 2.45) is 0 Å². The Balaban J connectivity index is 0.000000181. The second kappa shape index (κ2) is 7.01. The predicted octanol–water partition coefficient (Wildman–Crippen LogP) is 4.03. The lowest BCUT2D eigenvalue weighted by Crippen LogP contribution is -1.76. The van der Waals surface area contributed by atoms with E-state index in [1.165, 1.54) is 0 Å². The van der Waals surface area contributed by atoms with Crippen molar-refractivity contribution in [1.82, 2.24) is 9.97 Å². The second-order valence-corrected chi connectivity index (χ2v) is 3.25. The highest BCUT2D eigenvalue weighted by molar-refractivity contribution is 5.63. The minimum absolute atomic E-state index is 0.958. The number of rotatable bonds is 3. The first-order valence-electron chi connectivity index (χ1n) is 5.26. The molecule has 0 aliphatic heterocycles. The number of imidazole rings is 1. The van der Waals surface area contributed by atoms with Gasteiger partial charge in [0.05, 0.1) is 18.2 Å². The van der Waals surface area contributed by atoms with Crippen LogP contribution in [-0.2, 0) is 0 Å². The van der Waals surface area contributed by atoms with Crippen LogP contribution in [-0.4, -0.2) is 9.97 Å². The molecule has 1 aromatic heterocycles. The Morgan fingerprint density at radius 1 is 0.941 bits per heavy atom. The van der Waals surface area contributed by atoms with Crippen molar-refractivity contribution in [3.63, 3.8) is 0 Å². The van der Waals surface area contributed by atoms with E-state index in [0.29, 0.717) is 0 Å². The van der Waals surface area contributed by atoms with Crippen molar-refractivity contribution in [2.45, 2.75) is 0 Å². The Bertz CT molecular complexity index is 454. The maximum absolute atomic E-state index is 3.77. The molecule has 2 aromatic rings. The smallest absolute Gasteiger partial charge is 0.0924 e. The van der Waals surface area contributed by atoms with Crippen molar-refractivity contribution in [2.75, 3.05) is 0 Å². The zero-order valence-electron chi connectivity index (χ0n) is 9.76. The van der Waals surface area contributed by atoms with E-state index in [2.05, 4.69) is 29.7 Å². The first kappa shape index (κ1) is 12.7. The molecule has 0 aliphatic carbocycles. The lowest BCUT2D eigenvalue weighted by Gasteiger charge is -1.96. The molecule has 0 unspecified atom stereocenters. The number of nitrogens with zero attached hydrogens (tertiary/aromatic N) is 1. The van der Waals surface area contributed by atoms with Crippen LogP contribution in [0.3, 0.4) is 0 Å². The summed E-state index contributed by atoms with van der Waals surface area (Å²) in [5.41, 5.74) is 3.23. The van der Waals surface area contributed by atoms with Crippen molar-refractivity contribution in [1.29, 1.82) is 0 Å². The summed E-state index contributed by atoms with van der Waals surface area (Å²) < 4.78 is 0. The number of benzene rings is 1. The molecule has 1 heterocycles. The standard InChI is InChI=1S/C10H10.C5H6N2/c1-3-9-7-5-6-8-10(9)4-2;1-2-5-3-6-4-7-5/h3-8H,1-2H2;2-4H,1H2,(H,6,7). The van der Waals surface area contributed by atoms with Crippen molar-refractivity contribution in [3.05, 3.63) is 73.3 Å². The van der Waals surface area contributed by atoms with E-state index in [1.54, 1.807) is 18.6 Å². The average Bonchev–Trinajstić information content (AvgIpc) is 2.92. The molecule has 0 amide bonds. The van der Waals surface area contributed by atoms with Gasteiger partial charge in [-0.1, -0.05) is 56.2 Å². The van der Waals surface area contributed by atoms with Crippen LogP contribution in [0.2, 0.25) is 0 Å². The molecular formula is C15H16N2. The molecule has 2 heteroatoms. The fraction of sp³-hybridized carbons (Fsp3) is 0. The lowest BCUT2D eigenvalue weighted by molar-refractivity contribution is 1.31. The summed E-state index contributed by atoms with van der Waals surface area (Å²) in [6.45, 7) is 10.9. The first-order valence-corrected chi connectivity index (χ1v) is 5.26. The van der Waals surface area contributed by atoms with Crippen LogP contribution < -0.4 is 0 Å². The summed E-state index contributed by atoms with van der Waals surface area (Å²) in [4.78, 5) is 6.62. The van der Waals surface area contributed by atoms with Gasteiger partial charge in [0, 0.05) is 0 Å². The molecular weight excluding hydrogens is 208 g/mol. The molecule has 0 aliphatic rings. The number of nitrogens with one attached hydrogen (secondary N) is 1. The minimum atomic E-state index is 0.958. The molecule has 0 radical (unpaired) electrons. The fourth-order valence-corrected chi connectivity index (χ4v) is 1.26. The van der Waals surface area contributed by atoms with E-state index in [9.17, 15) is 0 Å². The molecule has 86 valence electrons. The zero-order valence-corrected chi connectivity index (χ0v) is 9.76. The van der Waals surface area contributed by atoms with E-state index in [1.807, 2.05) is 36.4 Å². The second-order valence-electron chi connectivity index (χ2n) is 3.25. The fourth-order valence-electron chi connectivity index (χ4n) is 1.26. The summed E-state index contributed by atoms with van der Waals surface area (Å²) in [5, 5.41) is 0. The highest BCUT2D eigenvalue weighted by atomic mass is 14.8. The van der Waals surface area contributed by atoms with Crippen LogP contribution >= 0.6 is 0 Å². The van der Waals surface area contributed by atoms with Gasteiger partial charge in [0.2, 0.25) is 0 Å². The zero-order chi connectivity index (χ0) is 12.5. The van der Waals surface area contributed by atoms with Crippen LogP contribution in [0.5, 0.6) is 0 Å². The number of aromatic nitrogens is 2. The summed E-state index contributed by atoms with van der Waals surface area (Å²) in [6, 6.07) is 8.02. The Kier molecular flexibility index (Phi) is 5.25. The highest BCUT2D eigenvalue weighted by Crippen LogP contribution is 2.10. The molecule has 0 atom stereocenters. The van der Waals surface area contributed by atoms with Gasteiger partial charge in [-0.15, -0.1) is 0 Å². The van der Waals surface area contributed by atoms with E-state index < -0.39 is 0 Å². The molecule has 0 spiro atoms. The quantitative estimate of drug-likeness (QED) is 0.838. The number of hydrogen-bond acceptors (Lipinski definition) is 1. The van der Waals surface area contributed by atoms with Gasteiger partial charge in [0.1, 0.15) is 0 Å². The molecule has 0 bridgehead atoms. The van der Waals surface area contributed by atoms with Gasteiger partial charge in [0.25, 0.3) is 0 Å². The van der Waals surface area contributed by atoms with E-state index >= 15 is 0 Å². The molecule has 17 heavy (non-hydrogen) atoms. The van der Waals surface area contributed by atoms with Gasteiger partial charge in [0.15, 0.2) is 0 Å². The normalized spacial score (nSPS) is 8.71.